The molecule has 2 rings (SSSR count). The molecule has 1 fully saturated rings. The third-order valence-corrected chi connectivity index (χ3v) is 5.55. The molecule has 0 unspecified atom stereocenters. The number of anilines is 1. The summed E-state index contributed by atoms with van der Waals surface area (Å²) in [6.45, 7) is 3.05. The molecule has 1 heterocycles. The van der Waals surface area contributed by atoms with Gasteiger partial charge in [0.1, 0.15) is 11.8 Å². The topological polar surface area (TPSA) is 66.9 Å². The zero-order chi connectivity index (χ0) is 17.7. The largest absolute Gasteiger partial charge is 0.497 e. The van der Waals surface area contributed by atoms with Crippen LogP contribution in [0.15, 0.2) is 24.3 Å². The Hall–Kier alpha value is -1.76. The summed E-state index contributed by atoms with van der Waals surface area (Å²) in [6.07, 6.45) is 5.31. The van der Waals surface area contributed by atoms with Crippen molar-refractivity contribution in [2.45, 2.75) is 38.6 Å². The summed E-state index contributed by atoms with van der Waals surface area (Å²) in [4.78, 5) is 14.6. The molecule has 1 aliphatic heterocycles. The molecule has 0 aromatic heterocycles. The van der Waals surface area contributed by atoms with Crippen LogP contribution in [0, 0.1) is 0 Å². The molecule has 1 aromatic carbocycles. The van der Waals surface area contributed by atoms with Gasteiger partial charge in [0.05, 0.1) is 19.1 Å². The summed E-state index contributed by atoms with van der Waals surface area (Å²) < 4.78 is 30.9. The van der Waals surface area contributed by atoms with Crippen molar-refractivity contribution < 1.29 is 17.9 Å². The van der Waals surface area contributed by atoms with Crippen molar-refractivity contribution in [3.8, 4) is 5.75 Å². The van der Waals surface area contributed by atoms with Gasteiger partial charge < -0.3 is 9.64 Å². The number of sulfonamides is 1. The van der Waals surface area contributed by atoms with E-state index in [1.54, 1.807) is 43.2 Å². The van der Waals surface area contributed by atoms with E-state index >= 15 is 0 Å². The van der Waals surface area contributed by atoms with Crippen LogP contribution in [-0.2, 0) is 14.8 Å². The summed E-state index contributed by atoms with van der Waals surface area (Å²) in [5, 5.41) is 0. The number of hydrogen-bond acceptors (Lipinski definition) is 4. The Morgan fingerprint density at radius 1 is 1.12 bits per heavy atom. The number of amides is 1. The predicted octanol–water partition coefficient (Wildman–Crippen LogP) is 2.25. The summed E-state index contributed by atoms with van der Waals surface area (Å²) in [7, 11) is -2.03. The highest BCUT2D eigenvalue weighted by Crippen LogP contribution is 2.25. The van der Waals surface area contributed by atoms with E-state index in [9.17, 15) is 13.2 Å². The second-order valence-electron chi connectivity index (χ2n) is 6.17. The molecule has 0 spiro atoms. The minimum absolute atomic E-state index is 0.141. The number of carbonyl (C=O) groups is 1. The van der Waals surface area contributed by atoms with Crippen LogP contribution in [0.3, 0.4) is 0 Å². The monoisotopic (exact) mass is 354 g/mol. The van der Waals surface area contributed by atoms with Gasteiger partial charge in [0.25, 0.3) is 0 Å². The van der Waals surface area contributed by atoms with E-state index in [2.05, 4.69) is 0 Å². The zero-order valence-electron chi connectivity index (χ0n) is 14.6. The predicted molar refractivity (Wildman–Crippen MR) is 94.8 cm³/mol. The van der Waals surface area contributed by atoms with Crippen LogP contribution in [0.1, 0.15) is 32.6 Å². The molecule has 1 saturated heterocycles. The standard InChI is InChI=1S/C17H26N2O4S/c1-14(17(20)18-12-6-4-5-7-13-18)19(24(3,21)22)15-8-10-16(23-2)11-9-15/h8-11,14H,4-7,12-13H2,1-3H3/t14-/m1/s1. The van der Waals surface area contributed by atoms with Crippen molar-refractivity contribution in [1.82, 2.24) is 4.90 Å². The van der Waals surface area contributed by atoms with Gasteiger partial charge in [-0.25, -0.2) is 8.42 Å². The average Bonchev–Trinajstić information content (AvgIpc) is 2.83. The first-order valence-corrected chi connectivity index (χ1v) is 10.1. The third-order valence-electron chi connectivity index (χ3n) is 4.31. The van der Waals surface area contributed by atoms with E-state index in [1.165, 1.54) is 4.31 Å². The van der Waals surface area contributed by atoms with Gasteiger partial charge >= 0.3 is 0 Å². The molecular formula is C17H26N2O4S. The van der Waals surface area contributed by atoms with Crippen LogP contribution in [-0.4, -0.2) is 51.7 Å². The summed E-state index contributed by atoms with van der Waals surface area (Å²) in [6, 6.07) is 5.93. The Balaban J connectivity index is 2.27. The fourth-order valence-corrected chi connectivity index (χ4v) is 4.26. The van der Waals surface area contributed by atoms with Crippen molar-refractivity contribution in [2.75, 3.05) is 30.8 Å². The number of methoxy groups -OCH3 is 1. The second kappa shape index (κ2) is 7.88. The number of carbonyl (C=O) groups excluding carboxylic acids is 1. The van der Waals surface area contributed by atoms with Crippen LogP contribution in [0.2, 0.25) is 0 Å². The molecule has 7 heteroatoms. The van der Waals surface area contributed by atoms with Crippen LogP contribution in [0.25, 0.3) is 0 Å². The van der Waals surface area contributed by atoms with Crippen molar-refractivity contribution in [3.05, 3.63) is 24.3 Å². The van der Waals surface area contributed by atoms with E-state index in [4.69, 9.17) is 4.74 Å². The van der Waals surface area contributed by atoms with E-state index in [0.29, 0.717) is 24.5 Å². The van der Waals surface area contributed by atoms with Crippen LogP contribution in [0.4, 0.5) is 5.69 Å². The van der Waals surface area contributed by atoms with Gasteiger partial charge in [0.15, 0.2) is 0 Å². The maximum atomic E-state index is 12.8. The highest BCUT2D eigenvalue weighted by Gasteiger charge is 2.32. The molecule has 6 nitrogen and oxygen atoms in total. The quantitative estimate of drug-likeness (QED) is 0.813. The lowest BCUT2D eigenvalue weighted by molar-refractivity contribution is -0.131. The van der Waals surface area contributed by atoms with Gasteiger partial charge in [0, 0.05) is 13.1 Å². The zero-order valence-corrected chi connectivity index (χ0v) is 15.4. The average molecular weight is 354 g/mol. The number of ether oxygens (including phenoxy) is 1. The number of hydrogen-bond donors (Lipinski definition) is 0. The number of benzene rings is 1. The van der Waals surface area contributed by atoms with Crippen molar-refractivity contribution in [2.24, 2.45) is 0 Å². The summed E-state index contributed by atoms with van der Waals surface area (Å²) in [5.74, 6) is 0.497. The van der Waals surface area contributed by atoms with Crippen molar-refractivity contribution in [3.63, 3.8) is 0 Å². The van der Waals surface area contributed by atoms with Crippen LogP contribution in [0.5, 0.6) is 5.75 Å². The number of likely N-dealkylation sites (tertiary alicyclic amines) is 1. The summed E-state index contributed by atoms with van der Waals surface area (Å²) in [5.41, 5.74) is 0.467. The first-order valence-electron chi connectivity index (χ1n) is 8.27. The molecular weight excluding hydrogens is 328 g/mol. The Kier molecular flexibility index (Phi) is 6.10. The Bertz CT molecular complexity index is 650. The first-order chi connectivity index (χ1) is 11.3. The minimum atomic E-state index is -3.58. The molecule has 24 heavy (non-hydrogen) atoms. The lowest BCUT2D eigenvalue weighted by Gasteiger charge is -2.32. The lowest BCUT2D eigenvalue weighted by Crippen LogP contribution is -2.49. The van der Waals surface area contributed by atoms with Gasteiger partial charge in [0.2, 0.25) is 15.9 Å². The van der Waals surface area contributed by atoms with Crippen LogP contribution < -0.4 is 9.04 Å². The smallest absolute Gasteiger partial charge is 0.246 e. The molecule has 0 bridgehead atoms. The van der Waals surface area contributed by atoms with Gasteiger partial charge in [-0.1, -0.05) is 12.8 Å². The molecule has 0 aliphatic carbocycles. The van der Waals surface area contributed by atoms with E-state index in [-0.39, 0.29) is 5.91 Å². The lowest BCUT2D eigenvalue weighted by atomic mass is 10.2. The number of nitrogens with zero attached hydrogens (tertiary/aromatic N) is 2. The first kappa shape index (κ1) is 18.6. The molecule has 1 aliphatic rings. The van der Waals surface area contributed by atoms with E-state index in [1.807, 2.05) is 0 Å². The van der Waals surface area contributed by atoms with Crippen molar-refractivity contribution >= 4 is 21.6 Å². The number of rotatable bonds is 5. The Labute approximate surface area is 144 Å². The molecule has 0 saturated carbocycles. The minimum Gasteiger partial charge on any atom is -0.497 e. The van der Waals surface area contributed by atoms with Gasteiger partial charge in [-0.2, -0.15) is 0 Å². The molecule has 1 aromatic rings. The molecule has 0 N–H and O–H groups in total. The van der Waals surface area contributed by atoms with Crippen LogP contribution >= 0.6 is 0 Å². The Morgan fingerprint density at radius 2 is 1.67 bits per heavy atom. The maximum Gasteiger partial charge on any atom is 0.246 e. The second-order valence-corrected chi connectivity index (χ2v) is 8.03. The molecule has 134 valence electrons. The fourth-order valence-electron chi connectivity index (χ4n) is 3.09. The fraction of sp³-hybridized carbons (Fsp3) is 0.588. The third kappa shape index (κ3) is 4.41. The maximum absolute atomic E-state index is 12.8. The van der Waals surface area contributed by atoms with Gasteiger partial charge in [-0.05, 0) is 44.0 Å². The van der Waals surface area contributed by atoms with E-state index in [0.717, 1.165) is 31.9 Å². The molecule has 0 radical (unpaired) electrons. The van der Waals surface area contributed by atoms with Gasteiger partial charge in [-0.15, -0.1) is 0 Å². The molecule has 1 amide bonds. The normalized spacial score (nSPS) is 17.0. The highest BCUT2D eigenvalue weighted by molar-refractivity contribution is 7.92. The van der Waals surface area contributed by atoms with Gasteiger partial charge in [-0.3, -0.25) is 9.10 Å². The van der Waals surface area contributed by atoms with Crippen molar-refractivity contribution in [1.29, 1.82) is 0 Å². The SMILES string of the molecule is COc1ccc(N([C@H](C)C(=O)N2CCCCCC2)S(C)(=O)=O)cc1. The van der Waals surface area contributed by atoms with E-state index < -0.39 is 16.1 Å². The Morgan fingerprint density at radius 3 is 2.12 bits per heavy atom. The highest BCUT2D eigenvalue weighted by atomic mass is 32.2. The summed E-state index contributed by atoms with van der Waals surface area (Å²) >= 11 is 0. The molecule has 1 atom stereocenters.